The van der Waals surface area contributed by atoms with Gasteiger partial charge in [-0.05, 0) is 36.8 Å². The Hall–Kier alpha value is -4.12. The Balaban J connectivity index is 0.000000171. The summed E-state index contributed by atoms with van der Waals surface area (Å²) in [7, 11) is 0. The minimum atomic E-state index is -0.705. The smallest absolute Gasteiger partial charge is 0.306 e. The van der Waals surface area contributed by atoms with E-state index in [4.69, 9.17) is 33.6 Å². The molecule has 0 radical (unpaired) electrons. The summed E-state index contributed by atoms with van der Waals surface area (Å²) < 4.78 is 0. The van der Waals surface area contributed by atoms with Crippen molar-refractivity contribution in [3.63, 3.8) is 0 Å². The molecule has 6 rings (SSSR count). The van der Waals surface area contributed by atoms with Crippen LogP contribution in [-0.4, -0.2) is 47.2 Å². The Kier molecular flexibility index (Phi) is 10.1. The van der Waals surface area contributed by atoms with Crippen LogP contribution < -0.4 is 9.80 Å². The molecule has 7 nitrogen and oxygen atoms in total. The third-order valence-corrected chi connectivity index (χ3v) is 8.62. The molecule has 0 aliphatic carbocycles. The van der Waals surface area contributed by atoms with Gasteiger partial charge in [0.15, 0.2) is 0 Å². The van der Waals surface area contributed by atoms with E-state index in [1.54, 1.807) is 12.4 Å². The van der Waals surface area contributed by atoms with E-state index in [-0.39, 0.29) is 11.8 Å². The number of halogens is 2. The summed E-state index contributed by atoms with van der Waals surface area (Å²) in [6, 6.07) is 22.5. The van der Waals surface area contributed by atoms with Gasteiger partial charge in [-0.15, -0.1) is 0 Å². The molecule has 0 unspecified atom stereocenters. The van der Waals surface area contributed by atoms with Crippen LogP contribution in [0.3, 0.4) is 0 Å². The number of aromatic nitrogens is 2. The number of piperidine rings is 2. The molecule has 2 aliphatic heterocycles. The monoisotopic (exact) mass is 613 g/mol. The summed E-state index contributed by atoms with van der Waals surface area (Å²) in [5.74, 6) is -0.789. The van der Waals surface area contributed by atoms with Gasteiger partial charge in [0.1, 0.15) is 0 Å². The molecule has 43 heavy (non-hydrogen) atoms. The lowest BCUT2D eigenvalue weighted by atomic mass is 9.95. The van der Waals surface area contributed by atoms with Crippen LogP contribution in [0.15, 0.2) is 85.5 Å². The minimum Gasteiger partial charge on any atom is -0.481 e. The number of carboxylic acids is 1. The molecule has 4 aromatic rings. The minimum absolute atomic E-state index is 0.169. The van der Waals surface area contributed by atoms with Gasteiger partial charge in [-0.3, -0.25) is 14.8 Å². The molecular weight excluding hydrogens is 581 g/mol. The molecule has 2 aliphatic rings. The fraction of sp³-hybridized carbons (Fsp3) is 0.294. The first kappa shape index (κ1) is 30.3. The second-order valence-electron chi connectivity index (χ2n) is 10.8. The van der Waals surface area contributed by atoms with E-state index in [9.17, 15) is 4.79 Å². The Labute approximate surface area is 262 Å². The number of aliphatic carboxylic acids is 1. The van der Waals surface area contributed by atoms with Crippen LogP contribution in [-0.2, 0) is 4.79 Å². The number of anilines is 2. The first-order valence-electron chi connectivity index (χ1n) is 14.5. The highest BCUT2D eigenvalue weighted by atomic mass is 35.5. The zero-order valence-corrected chi connectivity index (χ0v) is 25.3. The summed E-state index contributed by atoms with van der Waals surface area (Å²) in [6.45, 7) is 3.12. The number of pyridine rings is 2. The van der Waals surface area contributed by atoms with Gasteiger partial charge in [-0.25, -0.2) is 0 Å². The van der Waals surface area contributed by atoms with E-state index in [2.05, 4.69) is 38.0 Å². The summed E-state index contributed by atoms with van der Waals surface area (Å²) in [6.07, 6.45) is 10.1. The quantitative estimate of drug-likeness (QED) is 0.245. The molecule has 0 atom stereocenters. The van der Waals surface area contributed by atoms with Gasteiger partial charge < -0.3 is 14.9 Å². The van der Waals surface area contributed by atoms with Crippen LogP contribution in [0, 0.1) is 23.2 Å². The van der Waals surface area contributed by atoms with Gasteiger partial charge in [0.25, 0.3) is 0 Å². The molecule has 0 bridgehead atoms. The van der Waals surface area contributed by atoms with Crippen molar-refractivity contribution in [1.82, 2.24) is 9.97 Å². The van der Waals surface area contributed by atoms with E-state index < -0.39 is 5.97 Å². The number of hydrogen-bond acceptors (Lipinski definition) is 6. The Morgan fingerprint density at radius 2 is 1.14 bits per heavy atom. The number of nitrogens with zero attached hydrogens (tertiary/aromatic N) is 5. The molecular formula is C34H33Cl2N5O2. The summed E-state index contributed by atoms with van der Waals surface area (Å²) >= 11 is 12.8. The zero-order chi connectivity index (χ0) is 30.2. The zero-order valence-electron chi connectivity index (χ0n) is 23.7. The lowest BCUT2D eigenvalue weighted by Gasteiger charge is -2.33. The average molecular weight is 615 g/mol. The van der Waals surface area contributed by atoms with Crippen molar-refractivity contribution in [2.75, 3.05) is 36.0 Å². The third-order valence-electron chi connectivity index (χ3n) is 8.07. The van der Waals surface area contributed by atoms with Crippen molar-refractivity contribution < 1.29 is 9.90 Å². The molecule has 0 saturated carbocycles. The number of nitriles is 1. The number of rotatable bonds is 5. The molecule has 2 saturated heterocycles. The third kappa shape index (κ3) is 7.27. The number of hydrogen-bond donors (Lipinski definition) is 1. The highest BCUT2D eigenvalue weighted by molar-refractivity contribution is 6.34. The van der Waals surface area contributed by atoms with Crippen molar-refractivity contribution >= 4 is 40.5 Å². The van der Waals surface area contributed by atoms with Crippen molar-refractivity contribution in [2.24, 2.45) is 11.8 Å². The first-order chi connectivity index (χ1) is 21.0. The van der Waals surface area contributed by atoms with E-state index >= 15 is 0 Å². The van der Waals surface area contributed by atoms with Gasteiger partial charge in [0, 0.05) is 68.0 Å². The second-order valence-corrected chi connectivity index (χ2v) is 11.6. The van der Waals surface area contributed by atoms with Crippen LogP contribution in [0.1, 0.15) is 25.7 Å². The largest absolute Gasteiger partial charge is 0.481 e. The maximum absolute atomic E-state index is 11.1. The van der Waals surface area contributed by atoms with Crippen LogP contribution in [0.2, 0.25) is 10.0 Å². The fourth-order valence-corrected chi connectivity index (χ4v) is 6.29. The molecule has 9 heteroatoms. The van der Waals surface area contributed by atoms with Gasteiger partial charge in [-0.2, -0.15) is 5.26 Å². The molecule has 4 heterocycles. The SMILES string of the molecule is N#CC1CCN(c2c(Cl)cncc2-c2ccccc2)CC1.O=C(O)C1CCN(c2c(Cl)cncc2-c2ccccc2)CC1. The van der Waals surface area contributed by atoms with Crippen LogP contribution in [0.5, 0.6) is 0 Å². The van der Waals surface area contributed by atoms with Gasteiger partial charge >= 0.3 is 5.97 Å². The highest BCUT2D eigenvalue weighted by Gasteiger charge is 2.27. The van der Waals surface area contributed by atoms with Crippen LogP contribution in [0.4, 0.5) is 11.4 Å². The van der Waals surface area contributed by atoms with E-state index in [1.165, 1.54) is 0 Å². The molecule has 2 fully saturated rings. The van der Waals surface area contributed by atoms with Crippen molar-refractivity contribution in [3.8, 4) is 28.3 Å². The number of carboxylic acid groups (broad SMARTS) is 1. The van der Waals surface area contributed by atoms with Crippen molar-refractivity contribution in [3.05, 3.63) is 95.5 Å². The Morgan fingerprint density at radius 3 is 1.53 bits per heavy atom. The van der Waals surface area contributed by atoms with Crippen LogP contribution >= 0.6 is 23.2 Å². The van der Waals surface area contributed by atoms with E-state index in [0.29, 0.717) is 36.0 Å². The molecule has 0 spiro atoms. The topological polar surface area (TPSA) is 93.3 Å². The lowest BCUT2D eigenvalue weighted by Crippen LogP contribution is -2.36. The Bertz CT molecular complexity index is 1560. The maximum Gasteiger partial charge on any atom is 0.306 e. The molecule has 2 aromatic heterocycles. The van der Waals surface area contributed by atoms with E-state index in [1.807, 2.05) is 60.9 Å². The summed E-state index contributed by atoms with van der Waals surface area (Å²) in [5.41, 5.74) is 6.21. The average Bonchev–Trinajstić information content (AvgIpc) is 3.06. The number of benzene rings is 2. The standard InChI is InChI=1S/C17H16ClN3.C17H17ClN2O2/c18-16-12-20-11-15(14-4-2-1-3-5-14)17(16)21-8-6-13(10-19)7-9-21;18-15-11-19-10-14(12-4-2-1-3-5-12)16(15)20-8-6-13(7-9-20)17(21)22/h1-5,11-13H,6-9H2;1-5,10-11,13H,6-9H2,(H,21,22). The predicted octanol–water partition coefficient (Wildman–Crippen LogP) is 7.84. The van der Waals surface area contributed by atoms with Gasteiger partial charge in [-0.1, -0.05) is 83.9 Å². The molecule has 2 aromatic carbocycles. The summed E-state index contributed by atoms with van der Waals surface area (Å²) in [5, 5.41) is 19.4. The van der Waals surface area contributed by atoms with Crippen molar-refractivity contribution in [2.45, 2.75) is 25.7 Å². The van der Waals surface area contributed by atoms with E-state index in [0.717, 1.165) is 59.6 Å². The molecule has 1 N–H and O–H groups in total. The lowest BCUT2D eigenvalue weighted by molar-refractivity contribution is -0.142. The second kappa shape index (κ2) is 14.4. The van der Waals surface area contributed by atoms with Gasteiger partial charge in [0.05, 0.1) is 33.4 Å². The molecule has 220 valence electrons. The maximum atomic E-state index is 11.1. The van der Waals surface area contributed by atoms with Gasteiger partial charge in [0.2, 0.25) is 0 Å². The summed E-state index contributed by atoms with van der Waals surface area (Å²) in [4.78, 5) is 24.0. The normalized spacial score (nSPS) is 15.7. The Morgan fingerprint density at radius 1 is 0.721 bits per heavy atom. The number of carbonyl (C=O) groups is 1. The predicted molar refractivity (Wildman–Crippen MR) is 172 cm³/mol. The fourth-order valence-electron chi connectivity index (χ4n) is 5.74. The van der Waals surface area contributed by atoms with Crippen molar-refractivity contribution in [1.29, 1.82) is 5.26 Å². The molecule has 0 amide bonds. The first-order valence-corrected chi connectivity index (χ1v) is 15.2. The highest BCUT2D eigenvalue weighted by Crippen LogP contribution is 2.39. The van der Waals surface area contributed by atoms with Crippen LogP contribution in [0.25, 0.3) is 22.3 Å².